The molecule has 0 spiro atoms. The zero-order valence-corrected chi connectivity index (χ0v) is 18.2. The number of anilines is 1. The van der Waals surface area contributed by atoms with Gasteiger partial charge >= 0.3 is 0 Å². The van der Waals surface area contributed by atoms with E-state index in [1.807, 2.05) is 12.1 Å². The fourth-order valence-electron chi connectivity index (χ4n) is 5.56. The minimum atomic E-state index is -0.191. The normalized spacial score (nSPS) is 27.3. The molecule has 5 heteroatoms. The standard InChI is InChI=1S/C24H37N3O2/c1-17-11-19(14-24(2,3)13-17)12-22(28)26-21-8-6-18(7-9-21)15-27-10-4-5-20(16-27)23(25)29/h6-9,17,19-20H,4-5,10-16H2,1-3H3,(H2,25,29)(H,26,28). The molecule has 3 unspecified atom stereocenters. The molecular weight excluding hydrogens is 362 g/mol. The Morgan fingerprint density at radius 1 is 1.21 bits per heavy atom. The molecule has 1 saturated carbocycles. The van der Waals surface area contributed by atoms with Crippen LogP contribution < -0.4 is 11.1 Å². The van der Waals surface area contributed by atoms with Crippen molar-refractivity contribution in [3.05, 3.63) is 29.8 Å². The van der Waals surface area contributed by atoms with Gasteiger partial charge in [-0.15, -0.1) is 0 Å². The zero-order valence-electron chi connectivity index (χ0n) is 18.2. The number of nitrogens with one attached hydrogen (secondary N) is 1. The van der Waals surface area contributed by atoms with Gasteiger partial charge in [-0.1, -0.05) is 32.9 Å². The number of piperidine rings is 1. The van der Waals surface area contributed by atoms with Gasteiger partial charge in [0, 0.05) is 25.2 Å². The Kier molecular flexibility index (Phi) is 6.99. The molecule has 0 bridgehead atoms. The SMILES string of the molecule is CC1CC(CC(=O)Nc2ccc(CN3CCCC(C(N)=O)C3)cc2)CC(C)(C)C1. The summed E-state index contributed by atoms with van der Waals surface area (Å²) in [7, 11) is 0. The summed E-state index contributed by atoms with van der Waals surface area (Å²) in [4.78, 5) is 26.3. The van der Waals surface area contributed by atoms with E-state index in [4.69, 9.17) is 5.73 Å². The Morgan fingerprint density at radius 3 is 2.59 bits per heavy atom. The summed E-state index contributed by atoms with van der Waals surface area (Å²) in [5.74, 6) is 1.07. The van der Waals surface area contributed by atoms with Crippen LogP contribution in [0.15, 0.2) is 24.3 Å². The molecule has 160 valence electrons. The first-order valence-electron chi connectivity index (χ1n) is 11.1. The summed E-state index contributed by atoms with van der Waals surface area (Å²) in [5.41, 5.74) is 7.86. The van der Waals surface area contributed by atoms with Gasteiger partial charge in [0.15, 0.2) is 0 Å². The molecule has 1 aromatic rings. The molecule has 0 aromatic heterocycles. The number of rotatable bonds is 6. The van der Waals surface area contributed by atoms with Crippen molar-refractivity contribution in [2.45, 2.75) is 65.8 Å². The van der Waals surface area contributed by atoms with Crippen molar-refractivity contribution >= 4 is 17.5 Å². The first-order chi connectivity index (χ1) is 13.7. The molecule has 2 amide bonds. The molecule has 0 radical (unpaired) electrons. The maximum Gasteiger partial charge on any atom is 0.224 e. The van der Waals surface area contributed by atoms with E-state index in [-0.39, 0.29) is 17.7 Å². The number of benzene rings is 1. The average Bonchev–Trinajstić information content (AvgIpc) is 2.61. The first-order valence-corrected chi connectivity index (χ1v) is 11.1. The minimum absolute atomic E-state index is 0.0326. The molecule has 3 atom stereocenters. The number of amides is 2. The number of carbonyl (C=O) groups excluding carboxylic acids is 2. The molecule has 1 heterocycles. The molecule has 3 N–H and O–H groups in total. The zero-order chi connectivity index (χ0) is 21.0. The first kappa shape index (κ1) is 21.8. The third-order valence-electron chi connectivity index (χ3n) is 6.50. The molecule has 5 nitrogen and oxygen atoms in total. The second kappa shape index (κ2) is 9.29. The molecule has 1 aromatic carbocycles. The molecule has 29 heavy (non-hydrogen) atoms. The number of nitrogens with two attached hydrogens (primary N) is 1. The number of primary amides is 1. The Hall–Kier alpha value is -1.88. The predicted octanol–water partition coefficient (Wildman–Crippen LogP) is 4.17. The summed E-state index contributed by atoms with van der Waals surface area (Å²) in [6, 6.07) is 8.09. The topological polar surface area (TPSA) is 75.4 Å². The highest BCUT2D eigenvalue weighted by Gasteiger charge is 2.32. The van der Waals surface area contributed by atoms with Crippen LogP contribution in [0.5, 0.6) is 0 Å². The minimum Gasteiger partial charge on any atom is -0.369 e. The highest BCUT2D eigenvalue weighted by atomic mass is 16.2. The lowest BCUT2D eigenvalue weighted by Gasteiger charge is -2.38. The molecule has 1 aliphatic carbocycles. The van der Waals surface area contributed by atoms with Crippen molar-refractivity contribution < 1.29 is 9.59 Å². The Balaban J connectivity index is 1.48. The van der Waals surface area contributed by atoms with Crippen LogP contribution in [-0.4, -0.2) is 29.8 Å². The van der Waals surface area contributed by atoms with Gasteiger partial charge in [0.05, 0.1) is 5.92 Å². The highest BCUT2D eigenvalue weighted by molar-refractivity contribution is 5.90. The van der Waals surface area contributed by atoms with Crippen LogP contribution in [0, 0.1) is 23.2 Å². The third-order valence-corrected chi connectivity index (χ3v) is 6.50. The average molecular weight is 400 g/mol. The van der Waals surface area contributed by atoms with Crippen LogP contribution in [0.25, 0.3) is 0 Å². The van der Waals surface area contributed by atoms with Gasteiger partial charge < -0.3 is 11.1 Å². The fraction of sp³-hybridized carbons (Fsp3) is 0.667. The maximum atomic E-state index is 12.5. The van der Waals surface area contributed by atoms with Crippen molar-refractivity contribution in [1.82, 2.24) is 4.90 Å². The van der Waals surface area contributed by atoms with Gasteiger partial charge in [0.25, 0.3) is 0 Å². The lowest BCUT2D eigenvalue weighted by atomic mass is 9.67. The molecule has 1 saturated heterocycles. The summed E-state index contributed by atoms with van der Waals surface area (Å²) >= 11 is 0. The van der Waals surface area contributed by atoms with E-state index in [0.29, 0.717) is 23.7 Å². The Morgan fingerprint density at radius 2 is 1.93 bits per heavy atom. The summed E-state index contributed by atoms with van der Waals surface area (Å²) in [5, 5.41) is 3.07. The Labute approximate surface area is 175 Å². The lowest BCUT2D eigenvalue weighted by Crippen LogP contribution is -2.40. The van der Waals surface area contributed by atoms with Gasteiger partial charge in [0.1, 0.15) is 0 Å². The quantitative estimate of drug-likeness (QED) is 0.754. The van der Waals surface area contributed by atoms with Gasteiger partial charge in [0.2, 0.25) is 11.8 Å². The van der Waals surface area contributed by atoms with Crippen LogP contribution in [0.1, 0.15) is 64.9 Å². The summed E-state index contributed by atoms with van der Waals surface area (Å²) in [6.07, 6.45) is 6.05. The van der Waals surface area contributed by atoms with E-state index in [9.17, 15) is 9.59 Å². The van der Waals surface area contributed by atoms with Crippen molar-refractivity contribution in [2.75, 3.05) is 18.4 Å². The molecule has 2 aliphatic rings. The van der Waals surface area contributed by atoms with Gasteiger partial charge in [-0.2, -0.15) is 0 Å². The number of likely N-dealkylation sites (tertiary alicyclic amines) is 1. The second-order valence-corrected chi connectivity index (χ2v) is 10.2. The van der Waals surface area contributed by atoms with Crippen molar-refractivity contribution in [1.29, 1.82) is 0 Å². The monoisotopic (exact) mass is 399 g/mol. The number of carbonyl (C=O) groups is 2. The molecule has 3 rings (SSSR count). The van der Waals surface area contributed by atoms with Crippen molar-refractivity contribution in [2.24, 2.45) is 28.9 Å². The number of hydrogen-bond acceptors (Lipinski definition) is 3. The number of hydrogen-bond donors (Lipinski definition) is 2. The molecular formula is C24H37N3O2. The lowest BCUT2D eigenvalue weighted by molar-refractivity contribution is -0.123. The van der Waals surface area contributed by atoms with Crippen LogP contribution in [0.2, 0.25) is 0 Å². The van der Waals surface area contributed by atoms with E-state index in [1.165, 1.54) is 12.0 Å². The number of nitrogens with zero attached hydrogens (tertiary/aromatic N) is 1. The molecule has 1 aliphatic heterocycles. The van der Waals surface area contributed by atoms with E-state index >= 15 is 0 Å². The fourth-order valence-corrected chi connectivity index (χ4v) is 5.56. The molecule has 2 fully saturated rings. The van der Waals surface area contributed by atoms with E-state index in [1.54, 1.807) is 0 Å². The highest BCUT2D eigenvalue weighted by Crippen LogP contribution is 2.42. The van der Waals surface area contributed by atoms with Crippen LogP contribution >= 0.6 is 0 Å². The second-order valence-electron chi connectivity index (χ2n) is 10.2. The third kappa shape index (κ3) is 6.56. The van der Waals surface area contributed by atoms with Gasteiger partial charge in [-0.25, -0.2) is 0 Å². The summed E-state index contributed by atoms with van der Waals surface area (Å²) in [6.45, 7) is 9.49. The van der Waals surface area contributed by atoms with Gasteiger partial charge in [-0.3, -0.25) is 14.5 Å². The van der Waals surface area contributed by atoms with Crippen LogP contribution in [-0.2, 0) is 16.1 Å². The summed E-state index contributed by atoms with van der Waals surface area (Å²) < 4.78 is 0. The van der Waals surface area contributed by atoms with Crippen LogP contribution in [0.4, 0.5) is 5.69 Å². The van der Waals surface area contributed by atoms with Crippen LogP contribution in [0.3, 0.4) is 0 Å². The smallest absolute Gasteiger partial charge is 0.224 e. The maximum absolute atomic E-state index is 12.5. The van der Waals surface area contributed by atoms with E-state index in [2.05, 4.69) is 43.1 Å². The van der Waals surface area contributed by atoms with Gasteiger partial charge in [-0.05, 0) is 73.6 Å². The van der Waals surface area contributed by atoms with E-state index in [0.717, 1.165) is 51.0 Å². The van der Waals surface area contributed by atoms with E-state index < -0.39 is 0 Å². The predicted molar refractivity (Wildman–Crippen MR) is 117 cm³/mol. The van der Waals surface area contributed by atoms with Crippen molar-refractivity contribution in [3.8, 4) is 0 Å². The van der Waals surface area contributed by atoms with Crippen molar-refractivity contribution in [3.63, 3.8) is 0 Å². The Bertz CT molecular complexity index is 713. The largest absolute Gasteiger partial charge is 0.369 e.